The molecule has 0 unspecified atom stereocenters. The van der Waals surface area contributed by atoms with E-state index in [0.717, 1.165) is 19.3 Å². The average molecular weight is 423 g/mol. The molecule has 2 aliphatic heterocycles. The monoisotopic (exact) mass is 422 g/mol. The van der Waals surface area contributed by atoms with E-state index >= 15 is 0 Å². The SMILES string of the molecule is CC1(C)CCC(C)(C)c2cc(C3=NC(C4CCN(CCCCCO)CC4)=CC3)ccc21. The zero-order valence-corrected chi connectivity index (χ0v) is 20.2. The van der Waals surface area contributed by atoms with Gasteiger partial charge in [-0.3, -0.25) is 4.99 Å². The zero-order chi connectivity index (χ0) is 22.1. The maximum atomic E-state index is 8.94. The van der Waals surface area contributed by atoms with E-state index in [-0.39, 0.29) is 10.8 Å². The first kappa shape index (κ1) is 22.7. The van der Waals surface area contributed by atoms with Crippen molar-refractivity contribution in [3.8, 4) is 0 Å². The van der Waals surface area contributed by atoms with E-state index in [0.29, 0.717) is 12.5 Å². The Morgan fingerprint density at radius 1 is 0.968 bits per heavy atom. The summed E-state index contributed by atoms with van der Waals surface area (Å²) in [5.74, 6) is 0.624. The van der Waals surface area contributed by atoms with Crippen molar-refractivity contribution in [3.63, 3.8) is 0 Å². The molecular weight excluding hydrogens is 380 g/mol. The number of fused-ring (bicyclic) bond motifs is 1. The van der Waals surface area contributed by atoms with Crippen molar-refractivity contribution >= 4 is 5.71 Å². The molecule has 0 amide bonds. The Morgan fingerprint density at radius 2 is 1.68 bits per heavy atom. The van der Waals surface area contributed by atoms with Crippen molar-refractivity contribution in [2.24, 2.45) is 10.9 Å². The van der Waals surface area contributed by atoms with E-state index in [9.17, 15) is 0 Å². The Kier molecular flexibility index (Phi) is 6.74. The summed E-state index contributed by atoms with van der Waals surface area (Å²) in [6.07, 6.45) is 11.7. The summed E-state index contributed by atoms with van der Waals surface area (Å²) in [6.45, 7) is 13.5. The van der Waals surface area contributed by atoms with E-state index in [4.69, 9.17) is 10.1 Å². The molecule has 3 aliphatic rings. The molecule has 0 aromatic heterocycles. The van der Waals surface area contributed by atoms with Gasteiger partial charge >= 0.3 is 0 Å². The molecule has 4 rings (SSSR count). The maximum absolute atomic E-state index is 8.94. The van der Waals surface area contributed by atoms with Gasteiger partial charge in [0.05, 0.1) is 5.71 Å². The standard InChI is InChI=1S/C28H42N2O/c1-27(2)14-15-28(3,4)24-20-22(8-9-23(24)27)26-11-10-25(29-26)21-12-17-30(18-13-21)16-6-5-7-19-31/h8-10,20-21,31H,5-7,11-19H2,1-4H3. The quantitative estimate of drug-likeness (QED) is 0.548. The minimum absolute atomic E-state index is 0.250. The van der Waals surface area contributed by atoms with Crippen LogP contribution < -0.4 is 0 Å². The van der Waals surface area contributed by atoms with Gasteiger partial charge in [-0.15, -0.1) is 0 Å². The van der Waals surface area contributed by atoms with Gasteiger partial charge in [-0.25, -0.2) is 0 Å². The van der Waals surface area contributed by atoms with Gasteiger partial charge in [0.25, 0.3) is 0 Å². The second-order valence-electron chi connectivity index (χ2n) is 11.3. The Bertz CT molecular complexity index is 841. The zero-order valence-electron chi connectivity index (χ0n) is 20.2. The summed E-state index contributed by atoms with van der Waals surface area (Å²) in [7, 11) is 0. The lowest BCUT2D eigenvalue weighted by Crippen LogP contribution is -2.34. The van der Waals surface area contributed by atoms with Crippen LogP contribution in [0.25, 0.3) is 0 Å². The molecule has 1 aliphatic carbocycles. The van der Waals surface area contributed by atoms with Crippen molar-refractivity contribution in [1.82, 2.24) is 4.90 Å². The lowest BCUT2D eigenvalue weighted by Gasteiger charge is -2.42. The van der Waals surface area contributed by atoms with Crippen molar-refractivity contribution in [2.45, 2.75) is 89.9 Å². The number of unbranched alkanes of at least 4 members (excludes halogenated alkanes) is 2. The van der Waals surface area contributed by atoms with E-state index in [2.05, 4.69) is 56.9 Å². The van der Waals surface area contributed by atoms with E-state index in [1.807, 2.05) is 0 Å². The van der Waals surface area contributed by atoms with Crippen LogP contribution in [0.3, 0.4) is 0 Å². The van der Waals surface area contributed by atoms with Crippen LogP contribution in [0.5, 0.6) is 0 Å². The molecule has 0 atom stereocenters. The predicted molar refractivity (Wildman–Crippen MR) is 131 cm³/mol. The van der Waals surface area contributed by atoms with Crippen LogP contribution in [0.1, 0.15) is 95.8 Å². The van der Waals surface area contributed by atoms with E-state index in [1.165, 1.54) is 79.8 Å². The molecule has 0 bridgehead atoms. The Hall–Kier alpha value is -1.45. The Balaban J connectivity index is 1.40. The fraction of sp³-hybridized carbons (Fsp3) is 0.679. The lowest BCUT2D eigenvalue weighted by molar-refractivity contribution is 0.192. The van der Waals surface area contributed by atoms with Gasteiger partial charge < -0.3 is 10.0 Å². The topological polar surface area (TPSA) is 35.8 Å². The van der Waals surface area contributed by atoms with Crippen LogP contribution in [0, 0.1) is 5.92 Å². The van der Waals surface area contributed by atoms with Crippen LogP contribution in [0.4, 0.5) is 0 Å². The number of allylic oxidation sites excluding steroid dienone is 2. The van der Waals surface area contributed by atoms with Gasteiger partial charge in [-0.05, 0) is 98.2 Å². The molecule has 1 aromatic carbocycles. The summed E-state index contributed by atoms with van der Waals surface area (Å²) >= 11 is 0. The van der Waals surface area contributed by atoms with Gasteiger partial charge in [-0.1, -0.05) is 45.9 Å². The molecule has 1 saturated heterocycles. The summed E-state index contributed by atoms with van der Waals surface area (Å²) < 4.78 is 0. The van der Waals surface area contributed by atoms with Gasteiger partial charge in [0.2, 0.25) is 0 Å². The molecule has 0 spiro atoms. The summed E-state index contributed by atoms with van der Waals surface area (Å²) in [5.41, 5.74) is 7.53. The van der Waals surface area contributed by atoms with Crippen LogP contribution >= 0.6 is 0 Å². The number of piperidine rings is 1. The van der Waals surface area contributed by atoms with Gasteiger partial charge in [-0.2, -0.15) is 0 Å². The Morgan fingerprint density at radius 3 is 2.39 bits per heavy atom. The molecule has 3 nitrogen and oxygen atoms in total. The summed E-state index contributed by atoms with van der Waals surface area (Å²) in [6, 6.07) is 7.18. The number of rotatable bonds is 7. The number of likely N-dealkylation sites (tertiary alicyclic amines) is 1. The predicted octanol–water partition coefficient (Wildman–Crippen LogP) is 5.99. The molecular formula is C28H42N2O. The normalized spacial score (nSPS) is 23.4. The fourth-order valence-electron chi connectivity index (χ4n) is 5.73. The van der Waals surface area contributed by atoms with Crippen molar-refractivity contribution in [2.75, 3.05) is 26.2 Å². The number of aliphatic hydroxyl groups is 1. The highest BCUT2D eigenvalue weighted by molar-refractivity contribution is 6.03. The first-order valence-corrected chi connectivity index (χ1v) is 12.6. The lowest BCUT2D eigenvalue weighted by atomic mass is 9.63. The van der Waals surface area contributed by atoms with Crippen LogP contribution in [-0.2, 0) is 10.8 Å². The first-order valence-electron chi connectivity index (χ1n) is 12.6. The molecule has 1 N–H and O–H groups in total. The maximum Gasteiger partial charge on any atom is 0.0517 e. The number of aliphatic imine (C=N–C) groups is 1. The Labute approximate surface area is 189 Å². The van der Waals surface area contributed by atoms with Gasteiger partial charge in [0.1, 0.15) is 0 Å². The minimum atomic E-state index is 0.250. The fourth-order valence-corrected chi connectivity index (χ4v) is 5.73. The molecule has 0 saturated carbocycles. The molecule has 170 valence electrons. The van der Waals surface area contributed by atoms with Crippen LogP contribution in [-0.4, -0.2) is 42.0 Å². The van der Waals surface area contributed by atoms with Gasteiger partial charge in [0, 0.05) is 24.6 Å². The highest BCUT2D eigenvalue weighted by Gasteiger charge is 2.37. The molecule has 31 heavy (non-hydrogen) atoms. The summed E-state index contributed by atoms with van der Waals surface area (Å²) in [4.78, 5) is 7.76. The highest BCUT2D eigenvalue weighted by atomic mass is 16.2. The van der Waals surface area contributed by atoms with Crippen molar-refractivity contribution in [3.05, 3.63) is 46.7 Å². The average Bonchev–Trinajstić information content (AvgIpc) is 3.25. The number of hydrogen-bond acceptors (Lipinski definition) is 3. The molecule has 0 radical (unpaired) electrons. The van der Waals surface area contributed by atoms with E-state index < -0.39 is 0 Å². The van der Waals surface area contributed by atoms with Crippen molar-refractivity contribution < 1.29 is 5.11 Å². The molecule has 1 fully saturated rings. The highest BCUT2D eigenvalue weighted by Crippen LogP contribution is 2.46. The number of nitrogens with zero attached hydrogens (tertiary/aromatic N) is 2. The number of benzene rings is 1. The summed E-state index contributed by atoms with van der Waals surface area (Å²) in [5, 5.41) is 8.94. The second kappa shape index (κ2) is 9.19. The molecule has 3 heteroatoms. The van der Waals surface area contributed by atoms with E-state index in [1.54, 1.807) is 0 Å². The van der Waals surface area contributed by atoms with Crippen LogP contribution in [0.15, 0.2) is 35.0 Å². The smallest absolute Gasteiger partial charge is 0.0517 e. The van der Waals surface area contributed by atoms with Gasteiger partial charge in [0.15, 0.2) is 0 Å². The first-order chi connectivity index (χ1) is 14.8. The minimum Gasteiger partial charge on any atom is -0.396 e. The molecule has 1 aromatic rings. The third kappa shape index (κ3) is 4.98. The van der Waals surface area contributed by atoms with Crippen LogP contribution in [0.2, 0.25) is 0 Å². The largest absolute Gasteiger partial charge is 0.396 e. The van der Waals surface area contributed by atoms with Crippen molar-refractivity contribution in [1.29, 1.82) is 0 Å². The third-order valence-corrected chi connectivity index (χ3v) is 8.09. The molecule has 2 heterocycles. The second-order valence-corrected chi connectivity index (χ2v) is 11.3. The third-order valence-electron chi connectivity index (χ3n) is 8.09. The number of hydrogen-bond donors (Lipinski definition) is 1. The number of aliphatic hydroxyl groups excluding tert-OH is 1.